The van der Waals surface area contributed by atoms with E-state index in [2.05, 4.69) is 14.7 Å². The van der Waals surface area contributed by atoms with Crippen molar-refractivity contribution in [2.45, 2.75) is 11.4 Å². The topological polar surface area (TPSA) is 98.0 Å². The smallest absolute Gasteiger partial charge is 0.243 e. The lowest BCUT2D eigenvalue weighted by atomic mass is 10.3. The summed E-state index contributed by atoms with van der Waals surface area (Å²) in [7, 11) is -3.75. The van der Waals surface area contributed by atoms with E-state index in [1.165, 1.54) is 18.3 Å². The number of pyridine rings is 2. The van der Waals surface area contributed by atoms with Gasteiger partial charge in [-0.25, -0.2) is 13.1 Å². The molecule has 0 saturated carbocycles. The molecular weight excluding hydrogens is 296 g/mol. The van der Waals surface area contributed by atoms with Crippen molar-refractivity contribution in [3.63, 3.8) is 0 Å². The number of thiocarbonyl (C=S) groups is 1. The van der Waals surface area contributed by atoms with E-state index in [4.69, 9.17) is 18.0 Å². The third-order valence-corrected chi connectivity index (χ3v) is 4.09. The standard InChI is InChI=1S/C12H12N4O2S2/c13-12(19)11-10(5-3-7-15-11)20(17,18)16-8-9-4-1-2-6-14-9/h1-7,16H,8H2,(H2,13,19). The van der Waals surface area contributed by atoms with Crippen LogP contribution in [0.15, 0.2) is 47.6 Å². The summed E-state index contributed by atoms with van der Waals surface area (Å²) in [6.45, 7) is 0.0782. The molecule has 3 N–H and O–H groups in total. The van der Waals surface area contributed by atoms with Crippen molar-refractivity contribution in [2.24, 2.45) is 5.73 Å². The van der Waals surface area contributed by atoms with Crippen molar-refractivity contribution in [2.75, 3.05) is 0 Å². The van der Waals surface area contributed by atoms with E-state index in [1.54, 1.807) is 24.4 Å². The van der Waals surface area contributed by atoms with Crippen molar-refractivity contribution < 1.29 is 8.42 Å². The molecule has 0 saturated heterocycles. The van der Waals surface area contributed by atoms with Crippen LogP contribution in [0.5, 0.6) is 0 Å². The fourth-order valence-corrected chi connectivity index (χ4v) is 2.94. The molecule has 20 heavy (non-hydrogen) atoms. The first-order valence-electron chi connectivity index (χ1n) is 5.65. The largest absolute Gasteiger partial charge is 0.388 e. The molecule has 8 heteroatoms. The van der Waals surface area contributed by atoms with E-state index in [0.717, 1.165) is 0 Å². The number of hydrogen-bond donors (Lipinski definition) is 2. The Morgan fingerprint density at radius 3 is 2.60 bits per heavy atom. The van der Waals surface area contributed by atoms with Crippen LogP contribution in [0, 0.1) is 0 Å². The highest BCUT2D eigenvalue weighted by molar-refractivity contribution is 7.89. The molecule has 0 aromatic carbocycles. The van der Waals surface area contributed by atoms with Crippen LogP contribution in [0.1, 0.15) is 11.4 Å². The van der Waals surface area contributed by atoms with Crippen molar-refractivity contribution in [1.82, 2.24) is 14.7 Å². The number of nitrogens with two attached hydrogens (primary N) is 1. The summed E-state index contributed by atoms with van der Waals surface area (Å²) in [4.78, 5) is 7.83. The monoisotopic (exact) mass is 308 g/mol. The van der Waals surface area contributed by atoms with Crippen LogP contribution in [0.2, 0.25) is 0 Å². The van der Waals surface area contributed by atoms with Crippen LogP contribution in [0.4, 0.5) is 0 Å². The lowest BCUT2D eigenvalue weighted by molar-refractivity contribution is 0.580. The summed E-state index contributed by atoms with van der Waals surface area (Å²) in [6, 6.07) is 8.17. The molecule has 2 heterocycles. The Bertz CT molecular complexity index is 717. The minimum absolute atomic E-state index is 0.0385. The summed E-state index contributed by atoms with van der Waals surface area (Å²) in [6.07, 6.45) is 3.03. The first-order chi connectivity index (χ1) is 9.50. The van der Waals surface area contributed by atoms with Crippen LogP contribution in [0.3, 0.4) is 0 Å². The highest BCUT2D eigenvalue weighted by atomic mass is 32.2. The minimum Gasteiger partial charge on any atom is -0.388 e. The average Bonchev–Trinajstić information content (AvgIpc) is 2.46. The summed E-state index contributed by atoms with van der Waals surface area (Å²) in [5.41, 5.74) is 6.17. The van der Waals surface area contributed by atoms with Gasteiger partial charge in [0, 0.05) is 12.4 Å². The Kier molecular flexibility index (Phi) is 4.38. The second kappa shape index (κ2) is 6.04. The van der Waals surface area contributed by atoms with Gasteiger partial charge < -0.3 is 5.73 Å². The van der Waals surface area contributed by atoms with Gasteiger partial charge in [0.1, 0.15) is 15.6 Å². The quantitative estimate of drug-likeness (QED) is 0.785. The Morgan fingerprint density at radius 2 is 1.95 bits per heavy atom. The van der Waals surface area contributed by atoms with E-state index >= 15 is 0 Å². The maximum atomic E-state index is 12.2. The van der Waals surface area contributed by atoms with E-state index in [9.17, 15) is 8.42 Å². The van der Waals surface area contributed by atoms with E-state index in [0.29, 0.717) is 5.69 Å². The summed E-state index contributed by atoms with van der Waals surface area (Å²) >= 11 is 4.81. The zero-order valence-electron chi connectivity index (χ0n) is 10.4. The van der Waals surface area contributed by atoms with Crippen molar-refractivity contribution in [1.29, 1.82) is 0 Å². The number of nitrogens with zero attached hydrogens (tertiary/aromatic N) is 2. The molecule has 0 aliphatic heterocycles. The molecule has 0 fully saturated rings. The predicted molar refractivity (Wildman–Crippen MR) is 78.4 cm³/mol. The Labute approximate surface area is 122 Å². The first-order valence-corrected chi connectivity index (χ1v) is 7.54. The van der Waals surface area contributed by atoms with E-state index in [1.807, 2.05) is 0 Å². The number of aromatic nitrogens is 2. The summed E-state index contributed by atoms with van der Waals surface area (Å²) in [5, 5.41) is 0. The van der Waals surface area contributed by atoms with Gasteiger partial charge in [-0.15, -0.1) is 0 Å². The minimum atomic E-state index is -3.75. The fourth-order valence-electron chi connectivity index (χ4n) is 1.54. The number of rotatable bonds is 5. The van der Waals surface area contributed by atoms with Crippen LogP contribution < -0.4 is 10.5 Å². The van der Waals surface area contributed by atoms with Crippen LogP contribution in [-0.4, -0.2) is 23.4 Å². The average molecular weight is 308 g/mol. The van der Waals surface area contributed by atoms with Crippen molar-refractivity contribution in [3.8, 4) is 0 Å². The van der Waals surface area contributed by atoms with Crippen LogP contribution >= 0.6 is 12.2 Å². The SMILES string of the molecule is NC(=S)c1ncccc1S(=O)(=O)NCc1ccccn1. The van der Waals surface area contributed by atoms with Gasteiger partial charge in [-0.3, -0.25) is 9.97 Å². The zero-order valence-corrected chi connectivity index (χ0v) is 12.0. The van der Waals surface area contributed by atoms with Gasteiger partial charge in [0.15, 0.2) is 0 Å². The zero-order chi connectivity index (χ0) is 14.6. The molecule has 104 valence electrons. The molecule has 0 spiro atoms. The number of nitrogens with one attached hydrogen (secondary N) is 1. The lowest BCUT2D eigenvalue weighted by Crippen LogP contribution is -2.27. The van der Waals surface area contributed by atoms with Gasteiger partial charge in [-0.1, -0.05) is 18.3 Å². The summed E-state index contributed by atoms with van der Waals surface area (Å²) < 4.78 is 26.9. The third kappa shape index (κ3) is 3.35. The van der Waals surface area contributed by atoms with E-state index < -0.39 is 10.0 Å². The maximum absolute atomic E-state index is 12.2. The maximum Gasteiger partial charge on any atom is 0.243 e. The fraction of sp³-hybridized carbons (Fsp3) is 0.0833. The molecule has 2 aromatic heterocycles. The molecule has 2 aromatic rings. The molecule has 0 aliphatic carbocycles. The summed E-state index contributed by atoms with van der Waals surface area (Å²) in [5.74, 6) is 0. The molecular formula is C12H12N4O2S2. The van der Waals surface area contributed by atoms with Gasteiger partial charge in [0.2, 0.25) is 10.0 Å². The van der Waals surface area contributed by atoms with Crippen molar-refractivity contribution in [3.05, 3.63) is 54.1 Å². The third-order valence-electron chi connectivity index (χ3n) is 2.46. The van der Waals surface area contributed by atoms with E-state index in [-0.39, 0.29) is 22.1 Å². The molecule has 0 unspecified atom stereocenters. The van der Waals surface area contributed by atoms with Gasteiger partial charge in [-0.2, -0.15) is 0 Å². The highest BCUT2D eigenvalue weighted by Gasteiger charge is 2.20. The normalized spacial score (nSPS) is 11.2. The van der Waals surface area contributed by atoms with Gasteiger partial charge >= 0.3 is 0 Å². The van der Waals surface area contributed by atoms with Crippen LogP contribution in [0.25, 0.3) is 0 Å². The molecule has 0 atom stereocenters. The Balaban J connectivity index is 2.25. The number of sulfonamides is 1. The molecule has 0 amide bonds. The lowest BCUT2D eigenvalue weighted by Gasteiger charge is -2.09. The van der Waals surface area contributed by atoms with Crippen molar-refractivity contribution >= 4 is 27.2 Å². The molecule has 0 bridgehead atoms. The Hall–Kier alpha value is -1.90. The van der Waals surface area contributed by atoms with Gasteiger partial charge in [0.05, 0.1) is 12.2 Å². The van der Waals surface area contributed by atoms with Crippen LogP contribution in [-0.2, 0) is 16.6 Å². The highest BCUT2D eigenvalue weighted by Crippen LogP contribution is 2.13. The van der Waals surface area contributed by atoms with Gasteiger partial charge in [0.25, 0.3) is 0 Å². The second-order valence-corrected chi connectivity index (χ2v) is 6.04. The molecule has 6 nitrogen and oxygen atoms in total. The molecule has 0 aliphatic rings. The second-order valence-electron chi connectivity index (χ2n) is 3.86. The van der Waals surface area contributed by atoms with Gasteiger partial charge in [-0.05, 0) is 24.3 Å². The first kappa shape index (κ1) is 14.5. The Morgan fingerprint density at radius 1 is 1.20 bits per heavy atom. The predicted octanol–water partition coefficient (Wildman–Crippen LogP) is 0.589. The molecule has 0 radical (unpaired) electrons. The number of hydrogen-bond acceptors (Lipinski definition) is 5. The molecule has 2 rings (SSSR count).